The number of nitrogens with one attached hydrogen (secondary N) is 1. The summed E-state index contributed by atoms with van der Waals surface area (Å²) >= 11 is 2.00. The van der Waals surface area contributed by atoms with Crippen molar-refractivity contribution in [3.63, 3.8) is 0 Å². The highest BCUT2D eigenvalue weighted by molar-refractivity contribution is 14.1. The molecule has 1 aromatic rings. The van der Waals surface area contributed by atoms with Crippen LogP contribution in [0.25, 0.3) is 0 Å². The number of esters is 1. The number of para-hydroxylation sites is 1. The predicted molar refractivity (Wildman–Crippen MR) is 87.3 cm³/mol. The summed E-state index contributed by atoms with van der Waals surface area (Å²) in [7, 11) is -4.22. The second kappa shape index (κ2) is 8.39. The van der Waals surface area contributed by atoms with Crippen LogP contribution in [-0.4, -0.2) is 36.4 Å². The third-order valence-corrected chi connectivity index (χ3v) is 4.76. The lowest BCUT2D eigenvalue weighted by atomic mass is 10.2. The van der Waals surface area contributed by atoms with Gasteiger partial charge in [-0.3, -0.25) is 14.9 Å². The summed E-state index contributed by atoms with van der Waals surface area (Å²) in [6.45, 7) is 1.72. The number of sulfonamides is 1. The maximum absolute atomic E-state index is 12.3. The summed E-state index contributed by atoms with van der Waals surface area (Å²) < 4.78 is 32.2. The topological polar surface area (TPSA) is 116 Å². The molecule has 0 spiro atoms. The number of halogens is 1. The molecule has 1 rings (SSSR count). The van der Waals surface area contributed by atoms with Crippen LogP contribution in [0.1, 0.15) is 13.3 Å². The number of carbonyl (C=O) groups is 1. The Kier molecular flexibility index (Phi) is 7.16. The van der Waals surface area contributed by atoms with Gasteiger partial charge in [0.2, 0.25) is 10.0 Å². The Bertz CT molecular complexity index is 649. The molecular formula is C12H15IN2O6S. The van der Waals surface area contributed by atoms with E-state index in [1.807, 2.05) is 22.6 Å². The molecule has 0 aliphatic carbocycles. The van der Waals surface area contributed by atoms with Gasteiger partial charge in [0.05, 0.1) is 11.5 Å². The first-order valence-corrected chi connectivity index (χ1v) is 9.32. The molecule has 10 heteroatoms. The van der Waals surface area contributed by atoms with Crippen LogP contribution >= 0.6 is 22.6 Å². The second-order valence-corrected chi connectivity index (χ2v) is 6.89. The Balaban J connectivity index is 3.13. The molecule has 0 aliphatic heterocycles. The highest BCUT2D eigenvalue weighted by Crippen LogP contribution is 2.23. The molecule has 0 fully saturated rings. The number of ether oxygens (including phenoxy) is 1. The molecule has 1 aromatic carbocycles. The first kappa shape index (κ1) is 18.8. The van der Waals surface area contributed by atoms with Crippen molar-refractivity contribution in [2.75, 3.05) is 11.0 Å². The summed E-state index contributed by atoms with van der Waals surface area (Å²) in [4.78, 5) is 21.4. The van der Waals surface area contributed by atoms with E-state index in [-0.39, 0.29) is 13.0 Å². The van der Waals surface area contributed by atoms with Gasteiger partial charge < -0.3 is 4.74 Å². The molecule has 0 saturated heterocycles. The zero-order chi connectivity index (χ0) is 16.8. The van der Waals surface area contributed by atoms with E-state index >= 15 is 0 Å². The monoisotopic (exact) mass is 442 g/mol. The SMILES string of the molecule is CCOC(=O)[C@@H](CCI)NS(=O)(=O)c1ccccc1[N+](=O)[O-]. The van der Waals surface area contributed by atoms with Gasteiger partial charge in [-0.25, -0.2) is 8.42 Å². The Hall–Kier alpha value is -1.27. The standard InChI is InChI=1S/C12H15IN2O6S/c1-2-21-12(16)9(7-8-13)14-22(19,20)11-6-4-3-5-10(11)15(17)18/h3-6,9,14H,2,7-8H2,1H3/t9-/m1/s1. The number of nitrogens with zero attached hydrogens (tertiary/aromatic N) is 1. The Morgan fingerprint density at radius 1 is 1.45 bits per heavy atom. The lowest BCUT2D eigenvalue weighted by molar-refractivity contribution is -0.387. The summed E-state index contributed by atoms with van der Waals surface area (Å²) in [6, 6.07) is 3.87. The van der Waals surface area contributed by atoms with Gasteiger partial charge in [-0.15, -0.1) is 0 Å². The predicted octanol–water partition coefficient (Wildman–Crippen LogP) is 1.63. The molecule has 0 aromatic heterocycles. The number of nitro groups is 1. The quantitative estimate of drug-likeness (QED) is 0.215. The summed E-state index contributed by atoms with van der Waals surface area (Å²) in [5.41, 5.74) is -0.549. The van der Waals surface area contributed by atoms with Crippen LogP contribution < -0.4 is 4.72 Å². The van der Waals surface area contributed by atoms with E-state index in [1.54, 1.807) is 6.92 Å². The van der Waals surface area contributed by atoms with Gasteiger partial charge in [0.25, 0.3) is 5.69 Å². The minimum atomic E-state index is -4.22. The van der Waals surface area contributed by atoms with Crippen molar-refractivity contribution < 1.29 is 22.9 Å². The Morgan fingerprint density at radius 2 is 2.09 bits per heavy atom. The van der Waals surface area contributed by atoms with Crippen molar-refractivity contribution in [2.24, 2.45) is 0 Å². The lowest BCUT2D eigenvalue weighted by Crippen LogP contribution is -2.42. The first-order chi connectivity index (χ1) is 10.3. The van der Waals surface area contributed by atoms with Crippen molar-refractivity contribution in [3.05, 3.63) is 34.4 Å². The smallest absolute Gasteiger partial charge is 0.324 e. The zero-order valence-electron chi connectivity index (χ0n) is 11.7. The van der Waals surface area contributed by atoms with Gasteiger partial charge in [0.15, 0.2) is 4.90 Å². The fourth-order valence-electron chi connectivity index (χ4n) is 1.66. The number of hydrogen-bond acceptors (Lipinski definition) is 6. The normalized spacial score (nSPS) is 12.6. The van der Waals surface area contributed by atoms with E-state index in [2.05, 4.69) is 4.72 Å². The lowest BCUT2D eigenvalue weighted by Gasteiger charge is -2.16. The van der Waals surface area contributed by atoms with E-state index in [1.165, 1.54) is 12.1 Å². The van der Waals surface area contributed by atoms with Crippen molar-refractivity contribution in [1.29, 1.82) is 0 Å². The molecule has 0 aliphatic rings. The van der Waals surface area contributed by atoms with E-state index in [0.717, 1.165) is 12.1 Å². The minimum absolute atomic E-state index is 0.115. The molecule has 8 nitrogen and oxygen atoms in total. The summed E-state index contributed by atoms with van der Waals surface area (Å²) in [6.07, 6.45) is 0.221. The van der Waals surface area contributed by atoms with E-state index < -0.39 is 37.5 Å². The third-order valence-electron chi connectivity index (χ3n) is 2.62. The van der Waals surface area contributed by atoms with Crippen molar-refractivity contribution in [2.45, 2.75) is 24.3 Å². The van der Waals surface area contributed by atoms with Crippen LogP contribution in [0.5, 0.6) is 0 Å². The average Bonchev–Trinajstić information content (AvgIpc) is 2.47. The molecular weight excluding hydrogens is 427 g/mol. The van der Waals surface area contributed by atoms with Gasteiger partial charge in [-0.1, -0.05) is 34.7 Å². The zero-order valence-corrected chi connectivity index (χ0v) is 14.7. The van der Waals surface area contributed by atoms with Gasteiger partial charge in [-0.05, 0) is 19.4 Å². The minimum Gasteiger partial charge on any atom is -0.465 e. The second-order valence-electron chi connectivity index (χ2n) is 4.13. The molecule has 0 bridgehead atoms. The summed E-state index contributed by atoms with van der Waals surface area (Å²) in [5.74, 6) is -0.707. The average molecular weight is 442 g/mol. The van der Waals surface area contributed by atoms with Crippen LogP contribution in [0.4, 0.5) is 5.69 Å². The first-order valence-electron chi connectivity index (χ1n) is 6.31. The molecule has 0 heterocycles. The number of benzene rings is 1. The Morgan fingerprint density at radius 3 is 2.64 bits per heavy atom. The number of alkyl halides is 1. The fourth-order valence-corrected chi connectivity index (χ4v) is 3.68. The number of hydrogen-bond donors (Lipinski definition) is 1. The highest BCUT2D eigenvalue weighted by Gasteiger charge is 2.30. The number of nitro benzene ring substituents is 1. The van der Waals surface area contributed by atoms with Crippen LogP contribution in [0, 0.1) is 10.1 Å². The number of carbonyl (C=O) groups excluding carboxylic acids is 1. The number of rotatable bonds is 8. The van der Waals surface area contributed by atoms with Crippen molar-refractivity contribution >= 4 is 44.3 Å². The maximum Gasteiger partial charge on any atom is 0.324 e. The van der Waals surface area contributed by atoms with E-state index in [9.17, 15) is 23.3 Å². The van der Waals surface area contributed by atoms with Crippen molar-refractivity contribution in [3.8, 4) is 0 Å². The van der Waals surface area contributed by atoms with E-state index in [4.69, 9.17) is 4.74 Å². The van der Waals surface area contributed by atoms with Gasteiger partial charge in [0.1, 0.15) is 6.04 Å². The maximum atomic E-state index is 12.3. The van der Waals surface area contributed by atoms with Crippen LogP contribution in [0.3, 0.4) is 0 Å². The van der Waals surface area contributed by atoms with Gasteiger partial charge in [0, 0.05) is 10.5 Å². The molecule has 122 valence electrons. The molecule has 0 amide bonds. The van der Waals surface area contributed by atoms with E-state index in [0.29, 0.717) is 4.43 Å². The van der Waals surface area contributed by atoms with Gasteiger partial charge >= 0.3 is 5.97 Å². The molecule has 0 unspecified atom stereocenters. The molecule has 0 radical (unpaired) electrons. The fraction of sp³-hybridized carbons (Fsp3) is 0.417. The van der Waals surface area contributed by atoms with Crippen LogP contribution in [-0.2, 0) is 19.6 Å². The van der Waals surface area contributed by atoms with Crippen LogP contribution in [0.2, 0.25) is 0 Å². The molecule has 1 atom stereocenters. The summed E-state index contributed by atoms with van der Waals surface area (Å²) in [5, 5.41) is 10.9. The Labute approximate surface area is 141 Å². The molecule has 1 N–H and O–H groups in total. The van der Waals surface area contributed by atoms with Gasteiger partial charge in [-0.2, -0.15) is 4.72 Å². The van der Waals surface area contributed by atoms with Crippen molar-refractivity contribution in [1.82, 2.24) is 4.72 Å². The third kappa shape index (κ3) is 4.88. The molecule has 22 heavy (non-hydrogen) atoms. The molecule has 0 saturated carbocycles. The highest BCUT2D eigenvalue weighted by atomic mass is 127. The van der Waals surface area contributed by atoms with Crippen LogP contribution in [0.15, 0.2) is 29.2 Å². The largest absolute Gasteiger partial charge is 0.465 e.